The topological polar surface area (TPSA) is 27.1 Å². The number of hydrogen-bond donors (Lipinski definition) is 0. The predicted octanol–water partition coefficient (Wildman–Crippen LogP) is 4.12. The molecule has 0 radical (unpaired) electrons. The number of nitrogens with zero attached hydrogens (tertiary/aromatic N) is 2. The van der Waals surface area contributed by atoms with Crippen LogP contribution in [0.5, 0.6) is 5.75 Å². The van der Waals surface area contributed by atoms with Crippen molar-refractivity contribution in [3.05, 3.63) is 44.1 Å². The first-order valence-electron chi connectivity index (χ1n) is 4.81. The second kappa shape index (κ2) is 5.42. The van der Waals surface area contributed by atoms with Crippen LogP contribution in [0.15, 0.2) is 33.5 Å². The van der Waals surface area contributed by atoms with Crippen molar-refractivity contribution in [2.75, 3.05) is 7.11 Å². The lowest BCUT2D eigenvalue weighted by molar-refractivity contribution is 0.407. The predicted molar refractivity (Wildman–Crippen MR) is 74.7 cm³/mol. The summed E-state index contributed by atoms with van der Waals surface area (Å²) in [5.74, 6) is 0.799. The Labute approximate surface area is 121 Å². The van der Waals surface area contributed by atoms with Gasteiger partial charge in [0.05, 0.1) is 13.7 Å². The van der Waals surface area contributed by atoms with E-state index in [1.54, 1.807) is 13.2 Å². The third-order valence-corrected chi connectivity index (χ3v) is 3.52. The van der Waals surface area contributed by atoms with Crippen molar-refractivity contribution in [3.8, 4) is 5.75 Å². The molecule has 3 nitrogen and oxygen atoms in total. The molecule has 0 bridgehead atoms. The second-order valence-electron chi connectivity index (χ2n) is 3.40. The first-order valence-corrected chi connectivity index (χ1v) is 6.78. The monoisotopic (exact) mass is 378 g/mol. The number of aromatic nitrogens is 2. The minimum atomic E-state index is 0.593. The molecule has 2 aromatic rings. The van der Waals surface area contributed by atoms with Crippen molar-refractivity contribution < 1.29 is 4.74 Å². The van der Waals surface area contributed by atoms with Gasteiger partial charge in [0, 0.05) is 16.7 Å². The zero-order chi connectivity index (χ0) is 12.4. The molecular weight excluding hydrogens is 371 g/mol. The van der Waals surface area contributed by atoms with Crippen LogP contribution < -0.4 is 4.74 Å². The van der Waals surface area contributed by atoms with Gasteiger partial charge in [-0.1, -0.05) is 11.6 Å². The smallest absolute Gasteiger partial charge is 0.129 e. The largest absolute Gasteiger partial charge is 0.496 e. The molecular formula is C11H9Br2ClN2O. The van der Waals surface area contributed by atoms with Crippen LogP contribution in [0.3, 0.4) is 0 Å². The van der Waals surface area contributed by atoms with Gasteiger partial charge in [0.25, 0.3) is 0 Å². The van der Waals surface area contributed by atoms with Gasteiger partial charge in [-0.2, -0.15) is 5.10 Å². The Hall–Kier alpha value is -0.520. The lowest BCUT2D eigenvalue weighted by atomic mass is 10.2. The summed E-state index contributed by atoms with van der Waals surface area (Å²) in [6.07, 6.45) is 0. The molecule has 6 heteroatoms. The number of rotatable bonds is 3. The Morgan fingerprint density at radius 3 is 2.71 bits per heavy atom. The van der Waals surface area contributed by atoms with Gasteiger partial charge in [-0.15, -0.1) is 0 Å². The molecule has 17 heavy (non-hydrogen) atoms. The minimum absolute atomic E-state index is 0.593. The number of ether oxygens (including phenoxy) is 1. The van der Waals surface area contributed by atoms with Gasteiger partial charge in [0.15, 0.2) is 0 Å². The average Bonchev–Trinajstić information content (AvgIpc) is 2.58. The lowest BCUT2D eigenvalue weighted by Crippen LogP contribution is -2.03. The molecule has 0 aliphatic carbocycles. The van der Waals surface area contributed by atoms with Gasteiger partial charge in [0.1, 0.15) is 15.0 Å². The van der Waals surface area contributed by atoms with Gasteiger partial charge in [0.2, 0.25) is 0 Å². The Morgan fingerprint density at radius 1 is 1.35 bits per heavy atom. The maximum atomic E-state index is 5.98. The molecule has 0 atom stereocenters. The number of benzene rings is 1. The molecule has 0 unspecified atom stereocenters. The van der Waals surface area contributed by atoms with E-state index in [4.69, 9.17) is 16.3 Å². The molecule has 2 rings (SSSR count). The fourth-order valence-corrected chi connectivity index (χ4v) is 2.84. The van der Waals surface area contributed by atoms with Crippen molar-refractivity contribution in [1.29, 1.82) is 0 Å². The molecule has 1 aromatic heterocycles. The van der Waals surface area contributed by atoms with Crippen LogP contribution in [0.4, 0.5) is 0 Å². The fourth-order valence-electron chi connectivity index (χ4n) is 1.51. The van der Waals surface area contributed by atoms with Crippen molar-refractivity contribution in [3.63, 3.8) is 0 Å². The lowest BCUT2D eigenvalue weighted by Gasteiger charge is -2.09. The Morgan fingerprint density at radius 2 is 2.12 bits per heavy atom. The van der Waals surface area contributed by atoms with Gasteiger partial charge < -0.3 is 4.74 Å². The second-order valence-corrected chi connectivity index (χ2v) is 5.46. The zero-order valence-corrected chi connectivity index (χ0v) is 12.9. The van der Waals surface area contributed by atoms with E-state index in [-0.39, 0.29) is 0 Å². The van der Waals surface area contributed by atoms with Crippen LogP contribution in [0.2, 0.25) is 5.02 Å². The highest BCUT2D eigenvalue weighted by molar-refractivity contribution is 9.11. The van der Waals surface area contributed by atoms with Crippen LogP contribution in [0, 0.1) is 0 Å². The summed E-state index contributed by atoms with van der Waals surface area (Å²) in [6, 6.07) is 7.42. The van der Waals surface area contributed by atoms with Gasteiger partial charge in [-0.3, -0.25) is 4.68 Å². The molecule has 1 heterocycles. The molecule has 1 aromatic carbocycles. The third-order valence-electron chi connectivity index (χ3n) is 2.26. The highest BCUT2D eigenvalue weighted by Crippen LogP contribution is 2.25. The zero-order valence-electron chi connectivity index (χ0n) is 8.95. The highest BCUT2D eigenvalue weighted by Gasteiger charge is 2.08. The summed E-state index contributed by atoms with van der Waals surface area (Å²) in [7, 11) is 1.64. The van der Waals surface area contributed by atoms with Gasteiger partial charge in [-0.25, -0.2) is 0 Å². The van der Waals surface area contributed by atoms with Crippen molar-refractivity contribution in [2.45, 2.75) is 6.54 Å². The molecule has 0 amide bonds. The van der Waals surface area contributed by atoms with E-state index in [0.29, 0.717) is 11.6 Å². The summed E-state index contributed by atoms with van der Waals surface area (Å²) >= 11 is 12.7. The summed E-state index contributed by atoms with van der Waals surface area (Å²) in [6.45, 7) is 0.593. The van der Waals surface area contributed by atoms with E-state index in [2.05, 4.69) is 37.0 Å². The highest BCUT2D eigenvalue weighted by atomic mass is 79.9. The standard InChI is InChI=1S/C11H9Br2ClN2O/c1-17-9-3-2-8(14)4-7(9)6-16-11(13)5-10(12)15-16/h2-5H,6H2,1H3. The maximum absolute atomic E-state index is 5.98. The first kappa shape index (κ1) is 12.9. The van der Waals surface area contributed by atoms with Crippen LogP contribution in [-0.2, 0) is 6.54 Å². The Kier molecular flexibility index (Phi) is 4.12. The van der Waals surface area contributed by atoms with E-state index < -0.39 is 0 Å². The maximum Gasteiger partial charge on any atom is 0.129 e. The number of methoxy groups -OCH3 is 1. The van der Waals surface area contributed by atoms with E-state index in [0.717, 1.165) is 20.5 Å². The molecule has 0 spiro atoms. The van der Waals surface area contributed by atoms with Gasteiger partial charge in [-0.05, 0) is 50.1 Å². The summed E-state index contributed by atoms with van der Waals surface area (Å²) in [5.41, 5.74) is 0.983. The van der Waals surface area contributed by atoms with E-state index in [9.17, 15) is 0 Å². The van der Waals surface area contributed by atoms with Crippen LogP contribution in [0.1, 0.15) is 5.56 Å². The van der Waals surface area contributed by atoms with Crippen LogP contribution >= 0.6 is 43.5 Å². The molecule has 0 saturated heterocycles. The van der Waals surface area contributed by atoms with Crippen molar-refractivity contribution >= 4 is 43.5 Å². The quantitative estimate of drug-likeness (QED) is 0.801. The molecule has 90 valence electrons. The molecule has 0 aliphatic heterocycles. The summed E-state index contributed by atoms with van der Waals surface area (Å²) < 4.78 is 8.79. The minimum Gasteiger partial charge on any atom is -0.496 e. The number of hydrogen-bond acceptors (Lipinski definition) is 2. The third kappa shape index (κ3) is 3.03. The van der Waals surface area contributed by atoms with Crippen LogP contribution in [-0.4, -0.2) is 16.9 Å². The van der Waals surface area contributed by atoms with Gasteiger partial charge >= 0.3 is 0 Å². The average molecular weight is 380 g/mol. The fraction of sp³-hybridized carbons (Fsp3) is 0.182. The SMILES string of the molecule is COc1ccc(Cl)cc1Cn1nc(Br)cc1Br. The number of halogens is 3. The van der Waals surface area contributed by atoms with Crippen LogP contribution in [0.25, 0.3) is 0 Å². The molecule has 0 aliphatic rings. The van der Waals surface area contributed by atoms with E-state index in [1.807, 2.05) is 22.9 Å². The Bertz CT molecular complexity index is 542. The van der Waals surface area contributed by atoms with E-state index in [1.165, 1.54) is 0 Å². The molecule has 0 fully saturated rings. The first-order chi connectivity index (χ1) is 8.10. The van der Waals surface area contributed by atoms with E-state index >= 15 is 0 Å². The van der Waals surface area contributed by atoms with Crippen molar-refractivity contribution in [1.82, 2.24) is 9.78 Å². The molecule has 0 N–H and O–H groups in total. The Balaban J connectivity index is 2.35. The summed E-state index contributed by atoms with van der Waals surface area (Å²) in [5, 5.41) is 4.98. The summed E-state index contributed by atoms with van der Waals surface area (Å²) in [4.78, 5) is 0. The normalized spacial score (nSPS) is 10.6. The van der Waals surface area contributed by atoms with Crippen molar-refractivity contribution in [2.24, 2.45) is 0 Å². The molecule has 0 saturated carbocycles.